The minimum absolute atomic E-state index is 0.279. The molecule has 1 atom stereocenters. The fraction of sp³-hybridized carbons (Fsp3) is 0.750. The quantitative estimate of drug-likeness (QED) is 0.393. The predicted octanol–water partition coefficient (Wildman–Crippen LogP) is -0.362. The SMILES string of the molecule is CNC(=S)NNC(=S)NCC1CCCO1. The summed E-state index contributed by atoms with van der Waals surface area (Å²) in [6.45, 7) is 1.59. The van der Waals surface area contributed by atoms with E-state index in [9.17, 15) is 0 Å². The molecule has 0 bridgehead atoms. The van der Waals surface area contributed by atoms with Crippen molar-refractivity contribution in [2.24, 2.45) is 0 Å². The Bertz CT molecular complexity index is 231. The van der Waals surface area contributed by atoms with Gasteiger partial charge in [0.25, 0.3) is 0 Å². The summed E-state index contributed by atoms with van der Waals surface area (Å²) in [4.78, 5) is 0. The number of nitrogens with one attached hydrogen (secondary N) is 4. The third kappa shape index (κ3) is 5.10. The van der Waals surface area contributed by atoms with Crippen molar-refractivity contribution < 1.29 is 4.74 Å². The van der Waals surface area contributed by atoms with Crippen LogP contribution in [0.3, 0.4) is 0 Å². The van der Waals surface area contributed by atoms with Crippen LogP contribution >= 0.6 is 24.4 Å². The molecule has 1 saturated heterocycles. The largest absolute Gasteiger partial charge is 0.376 e. The molecule has 0 spiro atoms. The molecule has 15 heavy (non-hydrogen) atoms. The maximum absolute atomic E-state index is 5.44. The van der Waals surface area contributed by atoms with E-state index in [0.29, 0.717) is 10.2 Å². The van der Waals surface area contributed by atoms with E-state index < -0.39 is 0 Å². The van der Waals surface area contributed by atoms with Crippen LogP contribution in [0.25, 0.3) is 0 Å². The van der Waals surface area contributed by atoms with Gasteiger partial charge in [0, 0.05) is 20.2 Å². The van der Waals surface area contributed by atoms with Crippen LogP contribution in [0.15, 0.2) is 0 Å². The van der Waals surface area contributed by atoms with Crippen molar-refractivity contribution in [2.75, 3.05) is 20.2 Å². The molecule has 1 aliphatic heterocycles. The highest BCUT2D eigenvalue weighted by Crippen LogP contribution is 2.10. The summed E-state index contributed by atoms with van der Waals surface area (Å²) in [5.41, 5.74) is 5.50. The van der Waals surface area contributed by atoms with Crippen molar-refractivity contribution in [3.8, 4) is 0 Å². The second-order valence-electron chi connectivity index (χ2n) is 3.17. The van der Waals surface area contributed by atoms with Gasteiger partial charge in [0.2, 0.25) is 0 Å². The Morgan fingerprint density at radius 2 is 2.07 bits per heavy atom. The van der Waals surface area contributed by atoms with Gasteiger partial charge in [0.15, 0.2) is 10.2 Å². The Morgan fingerprint density at radius 1 is 1.33 bits per heavy atom. The molecule has 0 radical (unpaired) electrons. The Labute approximate surface area is 100 Å². The molecule has 7 heteroatoms. The van der Waals surface area contributed by atoms with Crippen molar-refractivity contribution in [1.82, 2.24) is 21.5 Å². The van der Waals surface area contributed by atoms with E-state index in [0.717, 1.165) is 26.0 Å². The Balaban J connectivity index is 2.05. The monoisotopic (exact) mass is 248 g/mol. The first kappa shape index (κ1) is 12.4. The number of rotatable bonds is 2. The molecule has 1 unspecified atom stereocenters. The van der Waals surface area contributed by atoms with E-state index in [1.54, 1.807) is 7.05 Å². The zero-order chi connectivity index (χ0) is 11.1. The van der Waals surface area contributed by atoms with E-state index in [-0.39, 0.29) is 6.10 Å². The highest BCUT2D eigenvalue weighted by atomic mass is 32.1. The maximum Gasteiger partial charge on any atom is 0.185 e. The van der Waals surface area contributed by atoms with Crippen LogP contribution in [0.4, 0.5) is 0 Å². The standard InChI is InChI=1S/C8H16N4OS2/c1-9-7(14)11-12-8(15)10-5-6-3-2-4-13-6/h6H,2-5H2,1H3,(H2,9,11,14)(H2,10,12,15). The van der Waals surface area contributed by atoms with Gasteiger partial charge in [-0.25, -0.2) is 0 Å². The van der Waals surface area contributed by atoms with E-state index in [4.69, 9.17) is 29.2 Å². The topological polar surface area (TPSA) is 57.3 Å². The third-order valence-electron chi connectivity index (χ3n) is 2.03. The summed E-state index contributed by atoms with van der Waals surface area (Å²) in [7, 11) is 1.74. The van der Waals surface area contributed by atoms with Crippen LogP contribution in [0.5, 0.6) is 0 Å². The fourth-order valence-electron chi connectivity index (χ4n) is 1.23. The summed E-state index contributed by atoms with van der Waals surface area (Å²) in [6, 6.07) is 0. The first-order chi connectivity index (χ1) is 7.22. The number of hydrogen-bond acceptors (Lipinski definition) is 3. The smallest absolute Gasteiger partial charge is 0.185 e. The van der Waals surface area contributed by atoms with Gasteiger partial charge in [-0.15, -0.1) is 0 Å². The lowest BCUT2D eigenvalue weighted by Crippen LogP contribution is -2.50. The van der Waals surface area contributed by atoms with Gasteiger partial charge in [-0.05, 0) is 37.3 Å². The zero-order valence-corrected chi connectivity index (χ0v) is 10.3. The molecular weight excluding hydrogens is 232 g/mol. The summed E-state index contributed by atoms with van der Waals surface area (Å²) in [5.74, 6) is 0. The first-order valence-electron chi connectivity index (χ1n) is 4.85. The molecule has 0 aliphatic carbocycles. The van der Waals surface area contributed by atoms with Crippen LogP contribution in [0, 0.1) is 0 Å². The van der Waals surface area contributed by atoms with Crippen LogP contribution in [0.2, 0.25) is 0 Å². The van der Waals surface area contributed by atoms with Gasteiger partial charge in [-0.3, -0.25) is 10.9 Å². The molecule has 5 nitrogen and oxygen atoms in total. The molecule has 0 aromatic rings. The Hall–Kier alpha value is -0.660. The second kappa shape index (κ2) is 6.76. The lowest BCUT2D eigenvalue weighted by molar-refractivity contribution is 0.114. The summed E-state index contributed by atoms with van der Waals surface area (Å²) >= 11 is 9.90. The van der Waals surface area contributed by atoms with Crippen LogP contribution in [-0.2, 0) is 4.74 Å². The van der Waals surface area contributed by atoms with Gasteiger partial charge >= 0.3 is 0 Å². The fourth-order valence-corrected chi connectivity index (χ4v) is 1.42. The van der Waals surface area contributed by atoms with Crippen LogP contribution < -0.4 is 21.5 Å². The molecule has 0 amide bonds. The number of hydrazine groups is 1. The molecule has 1 aliphatic rings. The highest BCUT2D eigenvalue weighted by Gasteiger charge is 2.14. The van der Waals surface area contributed by atoms with E-state index in [1.165, 1.54) is 0 Å². The molecule has 0 saturated carbocycles. The van der Waals surface area contributed by atoms with Crippen molar-refractivity contribution in [1.29, 1.82) is 0 Å². The normalized spacial score (nSPS) is 19.4. The average Bonchev–Trinajstić information content (AvgIpc) is 2.75. The Morgan fingerprint density at radius 3 is 2.67 bits per heavy atom. The number of ether oxygens (including phenoxy) is 1. The number of hydrogen-bond donors (Lipinski definition) is 4. The first-order valence-corrected chi connectivity index (χ1v) is 5.67. The van der Waals surface area contributed by atoms with Gasteiger partial charge in [0.1, 0.15) is 0 Å². The summed E-state index contributed by atoms with van der Waals surface area (Å²) in [6.07, 6.45) is 2.51. The lowest BCUT2D eigenvalue weighted by atomic mass is 10.2. The van der Waals surface area contributed by atoms with E-state index in [2.05, 4.69) is 21.5 Å². The van der Waals surface area contributed by atoms with Crippen molar-refractivity contribution in [3.05, 3.63) is 0 Å². The molecular formula is C8H16N4OS2. The zero-order valence-electron chi connectivity index (χ0n) is 8.63. The van der Waals surface area contributed by atoms with Crippen LogP contribution in [-0.4, -0.2) is 36.5 Å². The molecule has 4 N–H and O–H groups in total. The van der Waals surface area contributed by atoms with Crippen molar-refractivity contribution in [2.45, 2.75) is 18.9 Å². The molecule has 86 valence electrons. The predicted molar refractivity (Wildman–Crippen MR) is 67.5 cm³/mol. The van der Waals surface area contributed by atoms with Gasteiger partial charge in [0.05, 0.1) is 6.10 Å². The van der Waals surface area contributed by atoms with E-state index in [1.807, 2.05) is 0 Å². The average molecular weight is 248 g/mol. The molecule has 1 rings (SSSR count). The van der Waals surface area contributed by atoms with E-state index >= 15 is 0 Å². The second-order valence-corrected chi connectivity index (χ2v) is 3.99. The minimum Gasteiger partial charge on any atom is -0.376 e. The minimum atomic E-state index is 0.279. The molecule has 1 fully saturated rings. The van der Waals surface area contributed by atoms with Gasteiger partial charge < -0.3 is 15.4 Å². The summed E-state index contributed by atoms with van der Waals surface area (Å²) < 4.78 is 5.44. The highest BCUT2D eigenvalue weighted by molar-refractivity contribution is 7.80. The van der Waals surface area contributed by atoms with Gasteiger partial charge in [-0.2, -0.15) is 0 Å². The summed E-state index contributed by atoms with van der Waals surface area (Å²) in [5, 5.41) is 6.83. The lowest BCUT2D eigenvalue weighted by Gasteiger charge is -2.15. The van der Waals surface area contributed by atoms with Crippen LogP contribution in [0.1, 0.15) is 12.8 Å². The molecule has 1 heterocycles. The maximum atomic E-state index is 5.44. The van der Waals surface area contributed by atoms with Crippen molar-refractivity contribution >= 4 is 34.7 Å². The Kier molecular flexibility index (Phi) is 5.59. The van der Waals surface area contributed by atoms with Crippen molar-refractivity contribution in [3.63, 3.8) is 0 Å². The molecule has 0 aromatic heterocycles. The third-order valence-corrected chi connectivity index (χ3v) is 2.58. The number of thiocarbonyl (C=S) groups is 2. The molecule has 0 aromatic carbocycles. The van der Waals surface area contributed by atoms with Gasteiger partial charge in [-0.1, -0.05) is 0 Å².